The second kappa shape index (κ2) is 7.71. The molecule has 0 atom stereocenters. The number of rotatable bonds is 4. The van der Waals surface area contributed by atoms with Gasteiger partial charge in [0.15, 0.2) is 11.5 Å². The first-order chi connectivity index (χ1) is 13.1. The van der Waals surface area contributed by atoms with Crippen LogP contribution in [0.1, 0.15) is 30.2 Å². The third kappa shape index (κ3) is 4.15. The Labute approximate surface area is 163 Å². The molecule has 5 nitrogen and oxygen atoms in total. The van der Waals surface area contributed by atoms with Gasteiger partial charge in [0.1, 0.15) is 5.52 Å². The van der Waals surface area contributed by atoms with Crippen molar-refractivity contribution in [2.75, 3.05) is 25.0 Å². The number of amides is 1. The molecule has 1 aliphatic heterocycles. The maximum atomic E-state index is 12.4. The molecule has 1 amide bonds. The van der Waals surface area contributed by atoms with Gasteiger partial charge in [-0.05, 0) is 68.8 Å². The number of oxazole rings is 1. The molecule has 1 saturated heterocycles. The maximum absolute atomic E-state index is 12.4. The lowest BCUT2D eigenvalue weighted by Gasteiger charge is -2.30. The number of hydrogen-bond acceptors (Lipinski definition) is 4. The molecule has 140 valence electrons. The van der Waals surface area contributed by atoms with Gasteiger partial charge in [-0.2, -0.15) is 0 Å². The molecule has 0 spiro atoms. The number of aryl methyl sites for hydroxylation is 1. The van der Waals surface area contributed by atoms with Crippen molar-refractivity contribution in [1.29, 1.82) is 0 Å². The van der Waals surface area contributed by atoms with Gasteiger partial charge in [0.25, 0.3) is 0 Å². The van der Waals surface area contributed by atoms with E-state index in [1.54, 1.807) is 6.07 Å². The molecular weight excluding hydrogens is 362 g/mol. The van der Waals surface area contributed by atoms with Crippen LogP contribution in [-0.2, 0) is 4.79 Å². The van der Waals surface area contributed by atoms with Crippen molar-refractivity contribution in [2.45, 2.75) is 25.7 Å². The average molecular weight is 384 g/mol. The molecule has 2 aromatic carbocycles. The van der Waals surface area contributed by atoms with Crippen molar-refractivity contribution in [3.63, 3.8) is 0 Å². The highest BCUT2D eigenvalue weighted by atomic mass is 35.5. The number of carbonyl (C=O) groups excluding carboxylic acids is 1. The van der Waals surface area contributed by atoms with E-state index >= 15 is 0 Å². The van der Waals surface area contributed by atoms with Crippen molar-refractivity contribution >= 4 is 34.3 Å². The summed E-state index contributed by atoms with van der Waals surface area (Å²) in [7, 11) is 0. The van der Waals surface area contributed by atoms with Gasteiger partial charge in [0.05, 0.1) is 6.54 Å². The normalized spacial score (nSPS) is 15.9. The fraction of sp³-hybridized carbons (Fsp3) is 0.333. The van der Waals surface area contributed by atoms with Gasteiger partial charge in [-0.15, -0.1) is 0 Å². The Morgan fingerprint density at radius 3 is 2.78 bits per heavy atom. The van der Waals surface area contributed by atoms with Crippen molar-refractivity contribution < 1.29 is 9.21 Å². The highest BCUT2D eigenvalue weighted by Gasteiger charge is 2.25. The lowest BCUT2D eigenvalue weighted by molar-refractivity contribution is -0.117. The molecule has 4 rings (SSSR count). The van der Waals surface area contributed by atoms with E-state index in [0.29, 0.717) is 17.5 Å². The monoisotopic (exact) mass is 383 g/mol. The first-order valence-corrected chi connectivity index (χ1v) is 9.60. The molecular formula is C21H22ClN3O2. The molecule has 1 aliphatic rings. The van der Waals surface area contributed by atoms with E-state index in [2.05, 4.69) is 15.2 Å². The molecule has 1 N–H and O–H groups in total. The molecule has 1 fully saturated rings. The fourth-order valence-electron chi connectivity index (χ4n) is 3.56. The molecule has 6 heteroatoms. The van der Waals surface area contributed by atoms with Crippen LogP contribution < -0.4 is 5.32 Å². The van der Waals surface area contributed by atoms with Crippen molar-refractivity contribution in [2.24, 2.45) is 0 Å². The van der Waals surface area contributed by atoms with Crippen LogP contribution in [0, 0.1) is 6.92 Å². The minimum atomic E-state index is 0.000680. The van der Waals surface area contributed by atoms with E-state index in [0.717, 1.165) is 54.2 Å². The van der Waals surface area contributed by atoms with E-state index in [1.165, 1.54) is 0 Å². The third-order valence-electron chi connectivity index (χ3n) is 5.08. The van der Waals surface area contributed by atoms with Crippen LogP contribution in [0.2, 0.25) is 5.02 Å². The molecule has 0 radical (unpaired) electrons. The first-order valence-electron chi connectivity index (χ1n) is 9.22. The Morgan fingerprint density at radius 2 is 2.04 bits per heavy atom. The molecule has 27 heavy (non-hydrogen) atoms. The Kier molecular flexibility index (Phi) is 5.14. The Bertz CT molecular complexity index is 928. The van der Waals surface area contributed by atoms with Gasteiger partial charge < -0.3 is 9.73 Å². The number of para-hydroxylation sites is 2. The highest BCUT2D eigenvalue weighted by molar-refractivity contribution is 6.30. The number of nitrogens with one attached hydrogen (secondary N) is 1. The molecule has 0 aliphatic carbocycles. The van der Waals surface area contributed by atoms with Crippen LogP contribution >= 0.6 is 11.6 Å². The van der Waals surface area contributed by atoms with Crippen LogP contribution in [-0.4, -0.2) is 35.4 Å². The van der Waals surface area contributed by atoms with Crippen LogP contribution in [0.15, 0.2) is 46.9 Å². The quantitative estimate of drug-likeness (QED) is 0.714. The van der Waals surface area contributed by atoms with E-state index in [1.807, 2.05) is 43.3 Å². The number of halogens is 1. The molecule has 0 bridgehead atoms. The second-order valence-electron chi connectivity index (χ2n) is 7.08. The predicted molar refractivity (Wildman–Crippen MR) is 107 cm³/mol. The zero-order chi connectivity index (χ0) is 18.8. The minimum Gasteiger partial charge on any atom is -0.440 e. The van der Waals surface area contributed by atoms with Gasteiger partial charge in [-0.1, -0.05) is 23.7 Å². The number of likely N-dealkylation sites (tertiary alicyclic amines) is 1. The van der Waals surface area contributed by atoms with E-state index in [4.69, 9.17) is 16.0 Å². The summed E-state index contributed by atoms with van der Waals surface area (Å²) in [5, 5.41) is 3.65. The van der Waals surface area contributed by atoms with Crippen LogP contribution in [0.25, 0.3) is 11.1 Å². The fourth-order valence-corrected chi connectivity index (χ4v) is 3.79. The van der Waals surface area contributed by atoms with Crippen LogP contribution in [0.5, 0.6) is 0 Å². The predicted octanol–water partition coefficient (Wildman–Crippen LogP) is 4.61. The number of fused-ring (bicyclic) bond motifs is 1. The zero-order valence-electron chi connectivity index (χ0n) is 15.2. The summed E-state index contributed by atoms with van der Waals surface area (Å²) < 4.78 is 5.91. The molecule has 1 aromatic heterocycles. The summed E-state index contributed by atoms with van der Waals surface area (Å²) in [6, 6.07) is 13.3. The zero-order valence-corrected chi connectivity index (χ0v) is 16.0. The number of aromatic nitrogens is 1. The van der Waals surface area contributed by atoms with Crippen molar-refractivity contribution in [3.8, 4) is 0 Å². The molecule has 2 heterocycles. The van der Waals surface area contributed by atoms with Gasteiger partial charge in [-0.25, -0.2) is 4.98 Å². The maximum Gasteiger partial charge on any atom is 0.238 e. The molecule has 0 saturated carbocycles. The highest BCUT2D eigenvalue weighted by Crippen LogP contribution is 2.29. The first kappa shape index (κ1) is 18.0. The van der Waals surface area contributed by atoms with Crippen LogP contribution in [0.3, 0.4) is 0 Å². The van der Waals surface area contributed by atoms with E-state index in [9.17, 15) is 4.79 Å². The summed E-state index contributed by atoms with van der Waals surface area (Å²) >= 11 is 5.97. The average Bonchev–Trinajstić information content (AvgIpc) is 3.09. The molecule has 0 unspecified atom stereocenters. The van der Waals surface area contributed by atoms with E-state index in [-0.39, 0.29) is 5.91 Å². The summed E-state index contributed by atoms with van der Waals surface area (Å²) in [4.78, 5) is 19.2. The van der Waals surface area contributed by atoms with Crippen LogP contribution in [0.4, 0.5) is 5.69 Å². The summed E-state index contributed by atoms with van der Waals surface area (Å²) in [5.74, 6) is 1.13. The summed E-state index contributed by atoms with van der Waals surface area (Å²) in [5.41, 5.74) is 3.52. The number of anilines is 1. The number of piperidine rings is 1. The molecule has 3 aromatic rings. The summed E-state index contributed by atoms with van der Waals surface area (Å²) in [6.07, 6.45) is 1.89. The Morgan fingerprint density at radius 1 is 1.26 bits per heavy atom. The second-order valence-corrected chi connectivity index (χ2v) is 7.51. The number of hydrogen-bond donors (Lipinski definition) is 1. The Balaban J connectivity index is 1.31. The summed E-state index contributed by atoms with van der Waals surface area (Å²) in [6.45, 7) is 4.04. The lowest BCUT2D eigenvalue weighted by Crippen LogP contribution is -2.38. The van der Waals surface area contributed by atoms with E-state index < -0.39 is 0 Å². The third-order valence-corrected chi connectivity index (χ3v) is 5.31. The largest absolute Gasteiger partial charge is 0.440 e. The lowest BCUT2D eigenvalue weighted by atomic mass is 9.97. The minimum absolute atomic E-state index is 0.000680. The number of nitrogens with zero attached hydrogens (tertiary/aromatic N) is 2. The van der Waals surface area contributed by atoms with Gasteiger partial charge in [0, 0.05) is 16.6 Å². The topological polar surface area (TPSA) is 58.4 Å². The van der Waals surface area contributed by atoms with Gasteiger partial charge in [-0.3, -0.25) is 9.69 Å². The number of carbonyl (C=O) groups is 1. The SMILES string of the molecule is Cc1cc(Cl)ccc1NC(=O)CN1CCC(c2nc3ccccc3o2)CC1. The van der Waals surface area contributed by atoms with Gasteiger partial charge in [0.2, 0.25) is 5.91 Å². The Hall–Kier alpha value is -2.37. The smallest absolute Gasteiger partial charge is 0.238 e. The number of benzene rings is 2. The van der Waals surface area contributed by atoms with Crippen molar-refractivity contribution in [3.05, 3.63) is 58.9 Å². The van der Waals surface area contributed by atoms with Gasteiger partial charge >= 0.3 is 0 Å². The van der Waals surface area contributed by atoms with Crippen molar-refractivity contribution in [1.82, 2.24) is 9.88 Å². The standard InChI is InChI=1S/C21H22ClN3O2/c1-14-12-16(22)6-7-17(14)23-20(26)13-25-10-8-15(9-11-25)21-24-18-4-2-3-5-19(18)27-21/h2-7,12,15H,8-11,13H2,1H3,(H,23,26).